The van der Waals surface area contributed by atoms with Gasteiger partial charge >= 0.3 is 0 Å². The lowest BCUT2D eigenvalue weighted by molar-refractivity contribution is 1.34. The Bertz CT molecular complexity index is 763. The highest BCUT2D eigenvalue weighted by molar-refractivity contribution is 6.99. The van der Waals surface area contributed by atoms with E-state index in [0.717, 1.165) is 22.9 Å². The van der Waals surface area contributed by atoms with Crippen LogP contribution in [0.1, 0.15) is 0 Å². The Balaban J connectivity index is 2.13. The SMILES string of the molecule is O=c1c(-c2ccc(Cl)cc2)nsnc1-c1ccc(Cl)cc1. The Labute approximate surface area is 135 Å². The summed E-state index contributed by atoms with van der Waals surface area (Å²) >= 11 is 12.7. The smallest absolute Gasteiger partial charge is 0.233 e. The Morgan fingerprint density at radius 3 is 1.48 bits per heavy atom. The van der Waals surface area contributed by atoms with E-state index in [-0.39, 0.29) is 5.43 Å². The maximum atomic E-state index is 12.6. The van der Waals surface area contributed by atoms with Crippen LogP contribution in [0.3, 0.4) is 0 Å². The van der Waals surface area contributed by atoms with Gasteiger partial charge in [0.25, 0.3) is 0 Å². The number of halogens is 2. The van der Waals surface area contributed by atoms with Crippen LogP contribution in [0, 0.1) is 0 Å². The third-order valence-corrected chi connectivity index (χ3v) is 3.96. The second-order valence-corrected chi connectivity index (χ2v) is 5.71. The number of benzene rings is 2. The molecule has 3 rings (SSSR count). The Kier molecular flexibility index (Phi) is 4.01. The summed E-state index contributed by atoms with van der Waals surface area (Å²) in [5, 5.41) is 1.23. The molecule has 0 unspecified atom stereocenters. The van der Waals surface area contributed by atoms with Gasteiger partial charge in [-0.15, -0.1) is 0 Å². The second-order valence-electron chi connectivity index (χ2n) is 4.30. The maximum absolute atomic E-state index is 12.6. The van der Waals surface area contributed by atoms with Crippen LogP contribution in [0.4, 0.5) is 0 Å². The van der Waals surface area contributed by atoms with Crippen LogP contribution in [0.2, 0.25) is 10.0 Å². The van der Waals surface area contributed by atoms with Crippen molar-refractivity contribution in [1.29, 1.82) is 0 Å². The molecule has 104 valence electrons. The maximum Gasteiger partial charge on any atom is 0.233 e. The molecule has 0 fully saturated rings. The first-order valence-corrected chi connectivity index (χ1v) is 7.52. The van der Waals surface area contributed by atoms with Gasteiger partial charge in [-0.1, -0.05) is 47.5 Å². The van der Waals surface area contributed by atoms with Gasteiger partial charge in [0.05, 0.1) is 11.7 Å². The third-order valence-electron chi connectivity index (χ3n) is 2.93. The van der Waals surface area contributed by atoms with Crippen LogP contribution in [0.25, 0.3) is 22.5 Å². The third kappa shape index (κ3) is 2.97. The molecule has 3 aromatic rings. The molecule has 0 spiro atoms. The molecular formula is C15H8Cl2N2OS. The number of nitrogens with zero attached hydrogens (tertiary/aromatic N) is 2. The van der Waals surface area contributed by atoms with E-state index in [1.54, 1.807) is 48.5 Å². The fraction of sp³-hybridized carbons (Fsp3) is 0. The van der Waals surface area contributed by atoms with E-state index in [1.165, 1.54) is 0 Å². The molecule has 1 heterocycles. The van der Waals surface area contributed by atoms with Gasteiger partial charge in [-0.05, 0) is 24.3 Å². The van der Waals surface area contributed by atoms with Crippen molar-refractivity contribution in [3.63, 3.8) is 0 Å². The van der Waals surface area contributed by atoms with Crippen LogP contribution in [0.5, 0.6) is 0 Å². The fourth-order valence-electron chi connectivity index (χ4n) is 1.88. The highest BCUT2D eigenvalue weighted by atomic mass is 35.5. The van der Waals surface area contributed by atoms with E-state index in [4.69, 9.17) is 23.2 Å². The zero-order chi connectivity index (χ0) is 14.8. The minimum atomic E-state index is -0.210. The van der Waals surface area contributed by atoms with E-state index in [1.807, 2.05) is 0 Å². The molecule has 0 aliphatic heterocycles. The predicted octanol–water partition coefficient (Wildman–Crippen LogP) is 4.54. The van der Waals surface area contributed by atoms with Crippen molar-refractivity contribution in [2.24, 2.45) is 0 Å². The Morgan fingerprint density at radius 2 is 1.10 bits per heavy atom. The van der Waals surface area contributed by atoms with Crippen LogP contribution in [0.15, 0.2) is 53.3 Å². The molecule has 2 aromatic carbocycles. The molecule has 0 saturated carbocycles. The molecule has 0 amide bonds. The molecule has 1 aromatic heterocycles. The highest BCUT2D eigenvalue weighted by Crippen LogP contribution is 2.21. The summed E-state index contributed by atoms with van der Waals surface area (Å²) in [6.07, 6.45) is 0. The average Bonchev–Trinajstić information content (AvgIpc) is 2.50. The van der Waals surface area contributed by atoms with Crippen molar-refractivity contribution < 1.29 is 0 Å². The largest absolute Gasteiger partial charge is 0.285 e. The topological polar surface area (TPSA) is 42.9 Å². The van der Waals surface area contributed by atoms with Crippen molar-refractivity contribution in [2.45, 2.75) is 0 Å². The number of aromatic nitrogens is 2. The van der Waals surface area contributed by atoms with E-state index < -0.39 is 0 Å². The van der Waals surface area contributed by atoms with E-state index >= 15 is 0 Å². The number of hydrogen-bond acceptors (Lipinski definition) is 4. The monoisotopic (exact) mass is 334 g/mol. The second kappa shape index (κ2) is 5.93. The fourth-order valence-corrected chi connectivity index (χ4v) is 2.71. The van der Waals surface area contributed by atoms with Crippen LogP contribution in [-0.4, -0.2) is 8.75 Å². The molecule has 0 N–H and O–H groups in total. The van der Waals surface area contributed by atoms with Crippen molar-refractivity contribution in [3.05, 3.63) is 68.8 Å². The first-order valence-electron chi connectivity index (χ1n) is 6.04. The van der Waals surface area contributed by atoms with E-state index in [2.05, 4.69) is 8.75 Å². The first-order chi connectivity index (χ1) is 10.1. The Hall–Kier alpha value is -1.75. The summed E-state index contributed by atoms with van der Waals surface area (Å²) in [4.78, 5) is 12.6. The molecule has 0 saturated heterocycles. The number of hydrogen-bond donors (Lipinski definition) is 0. The Morgan fingerprint density at radius 1 is 0.714 bits per heavy atom. The van der Waals surface area contributed by atoms with Gasteiger partial charge in [-0.2, -0.15) is 8.75 Å². The molecule has 0 radical (unpaired) electrons. The highest BCUT2D eigenvalue weighted by Gasteiger charge is 2.12. The molecule has 0 atom stereocenters. The summed E-state index contributed by atoms with van der Waals surface area (Å²) in [5.74, 6) is 0. The quantitative estimate of drug-likeness (QED) is 0.690. The van der Waals surface area contributed by atoms with Crippen molar-refractivity contribution in [3.8, 4) is 22.5 Å². The van der Waals surface area contributed by atoms with Gasteiger partial charge in [-0.3, -0.25) is 4.79 Å². The summed E-state index contributed by atoms with van der Waals surface area (Å²) in [7, 11) is 0. The van der Waals surface area contributed by atoms with E-state index in [9.17, 15) is 4.79 Å². The molecule has 0 aliphatic carbocycles. The van der Waals surface area contributed by atoms with Gasteiger partial charge in [0, 0.05) is 21.2 Å². The van der Waals surface area contributed by atoms with Crippen molar-refractivity contribution in [1.82, 2.24) is 8.75 Å². The van der Waals surface area contributed by atoms with Crippen LogP contribution >= 0.6 is 34.9 Å². The van der Waals surface area contributed by atoms with Gasteiger partial charge in [0.2, 0.25) is 5.43 Å². The van der Waals surface area contributed by atoms with Crippen molar-refractivity contribution >= 4 is 34.9 Å². The van der Waals surface area contributed by atoms with Crippen LogP contribution < -0.4 is 5.43 Å². The average molecular weight is 335 g/mol. The van der Waals surface area contributed by atoms with E-state index in [0.29, 0.717) is 21.4 Å². The standard InChI is InChI=1S/C15H8Cl2N2OS/c16-11-5-1-9(2-6-11)13-15(20)14(19-21-18-13)10-3-7-12(17)8-4-10/h1-8H. The minimum absolute atomic E-state index is 0.210. The lowest BCUT2D eigenvalue weighted by atomic mass is 10.1. The van der Waals surface area contributed by atoms with Gasteiger partial charge < -0.3 is 0 Å². The molecule has 0 bridgehead atoms. The predicted molar refractivity (Wildman–Crippen MR) is 87.1 cm³/mol. The molecule has 3 nitrogen and oxygen atoms in total. The summed E-state index contributed by atoms with van der Waals surface area (Å²) < 4.78 is 8.26. The summed E-state index contributed by atoms with van der Waals surface area (Å²) in [6, 6.07) is 14.0. The lowest BCUT2D eigenvalue weighted by Gasteiger charge is -2.02. The van der Waals surface area contributed by atoms with Gasteiger partial charge in [0.15, 0.2) is 0 Å². The molecule has 6 heteroatoms. The molecule has 21 heavy (non-hydrogen) atoms. The normalized spacial score (nSPS) is 10.6. The zero-order valence-corrected chi connectivity index (χ0v) is 12.9. The lowest BCUT2D eigenvalue weighted by Crippen LogP contribution is -2.10. The summed E-state index contributed by atoms with van der Waals surface area (Å²) in [6.45, 7) is 0. The summed E-state index contributed by atoms with van der Waals surface area (Å²) in [5.41, 5.74) is 1.98. The zero-order valence-electron chi connectivity index (χ0n) is 10.6. The number of rotatable bonds is 2. The molecular weight excluding hydrogens is 327 g/mol. The molecule has 0 aliphatic rings. The van der Waals surface area contributed by atoms with Crippen LogP contribution in [-0.2, 0) is 0 Å². The first kappa shape index (κ1) is 14.2. The van der Waals surface area contributed by atoms with Gasteiger partial charge in [-0.25, -0.2) is 0 Å². The van der Waals surface area contributed by atoms with Crippen molar-refractivity contribution in [2.75, 3.05) is 0 Å². The minimum Gasteiger partial charge on any atom is -0.285 e. The van der Waals surface area contributed by atoms with Gasteiger partial charge in [0.1, 0.15) is 11.4 Å².